The van der Waals surface area contributed by atoms with Crippen molar-refractivity contribution in [3.8, 4) is 0 Å². The number of nitrogens with one attached hydrogen (secondary N) is 1. The number of imidazole rings is 1. The number of aliphatic imine (C=N–C) groups is 1. The van der Waals surface area contributed by atoms with E-state index in [1.807, 2.05) is 0 Å². The Bertz CT molecular complexity index is 884. The van der Waals surface area contributed by atoms with Crippen LogP contribution in [0.15, 0.2) is 47.3 Å². The van der Waals surface area contributed by atoms with Gasteiger partial charge in [0.2, 0.25) is 0 Å². The summed E-state index contributed by atoms with van der Waals surface area (Å²) in [7, 11) is 0. The second kappa shape index (κ2) is 7.25. The second-order valence-electron chi connectivity index (χ2n) is 5.72. The molecule has 0 saturated heterocycles. The number of rotatable bonds is 0. The van der Waals surface area contributed by atoms with Crippen LogP contribution < -0.4 is 5.32 Å². The number of cyclic esters (lactones) is 1. The lowest BCUT2D eigenvalue weighted by Crippen LogP contribution is -2.20. The molecule has 0 spiro atoms. The first-order valence-electron chi connectivity index (χ1n) is 7.90. The molecule has 2 bridgehead atoms. The number of allylic oxidation sites excluding steroid dienone is 3. The quantitative estimate of drug-likeness (QED) is 0.787. The molecule has 0 fully saturated rings. The van der Waals surface area contributed by atoms with Crippen molar-refractivity contribution in [3.05, 3.63) is 42.3 Å². The third kappa shape index (κ3) is 4.09. The number of anilines is 1. The fourth-order valence-corrected chi connectivity index (χ4v) is 2.37. The van der Waals surface area contributed by atoms with Gasteiger partial charge < -0.3 is 10.1 Å². The third-order valence-electron chi connectivity index (χ3n) is 3.58. The normalized spacial score (nSPS) is 23.5. The highest BCUT2D eigenvalue weighted by atomic mass is 19.1. The zero-order chi connectivity index (χ0) is 17.8. The number of ether oxygens (including phenoxy) is 1. The number of carbonyl (C=O) groups is 1. The van der Waals surface area contributed by atoms with Crippen LogP contribution in [0, 0.1) is 0 Å². The lowest BCUT2D eigenvalue weighted by atomic mass is 10.2. The minimum absolute atomic E-state index is 0.318. The van der Waals surface area contributed by atoms with Gasteiger partial charge in [-0.15, -0.1) is 0 Å². The SMILES string of the molecule is C/C1=C\C(F)=C/N=CCCC(C)OC(=O)n2cnc3ccc(nc32)N1. The van der Waals surface area contributed by atoms with Crippen LogP contribution in [0.3, 0.4) is 0 Å². The van der Waals surface area contributed by atoms with E-state index in [1.54, 1.807) is 32.2 Å². The average molecular weight is 343 g/mol. The van der Waals surface area contributed by atoms with E-state index in [1.165, 1.54) is 17.0 Å². The Kier molecular flexibility index (Phi) is 4.87. The molecule has 0 aromatic carbocycles. The summed E-state index contributed by atoms with van der Waals surface area (Å²) in [5, 5.41) is 2.98. The van der Waals surface area contributed by atoms with E-state index < -0.39 is 11.9 Å². The van der Waals surface area contributed by atoms with E-state index in [0.29, 0.717) is 35.5 Å². The molecule has 1 aliphatic heterocycles. The molecule has 8 heteroatoms. The maximum absolute atomic E-state index is 13.8. The minimum atomic E-state index is -0.540. The molecular formula is C17H18FN5O2. The Morgan fingerprint density at radius 2 is 2.24 bits per heavy atom. The van der Waals surface area contributed by atoms with Gasteiger partial charge in [-0.25, -0.2) is 23.7 Å². The molecule has 1 atom stereocenters. The molecule has 0 radical (unpaired) electrons. The van der Waals surface area contributed by atoms with Crippen LogP contribution in [0.1, 0.15) is 26.7 Å². The number of nitrogens with zero attached hydrogens (tertiary/aromatic N) is 4. The number of aromatic nitrogens is 3. The Morgan fingerprint density at radius 3 is 3.08 bits per heavy atom. The van der Waals surface area contributed by atoms with Crippen molar-refractivity contribution in [3.63, 3.8) is 0 Å². The molecule has 130 valence electrons. The number of hydrogen-bond donors (Lipinski definition) is 1. The van der Waals surface area contributed by atoms with E-state index in [4.69, 9.17) is 4.74 Å². The van der Waals surface area contributed by atoms with Crippen LogP contribution in [-0.2, 0) is 4.74 Å². The van der Waals surface area contributed by atoms with Crippen molar-refractivity contribution >= 4 is 29.3 Å². The number of fused-ring (bicyclic) bond motifs is 1. The van der Waals surface area contributed by atoms with Crippen molar-refractivity contribution in [2.24, 2.45) is 4.99 Å². The van der Waals surface area contributed by atoms with Crippen LogP contribution in [0.25, 0.3) is 11.2 Å². The van der Waals surface area contributed by atoms with E-state index >= 15 is 0 Å². The number of pyridine rings is 1. The van der Waals surface area contributed by atoms with E-state index in [2.05, 4.69) is 20.3 Å². The summed E-state index contributed by atoms with van der Waals surface area (Å²) >= 11 is 0. The first-order chi connectivity index (χ1) is 12.0. The highest BCUT2D eigenvalue weighted by Crippen LogP contribution is 2.17. The molecular weight excluding hydrogens is 325 g/mol. The van der Waals surface area contributed by atoms with E-state index in [-0.39, 0.29) is 6.10 Å². The van der Waals surface area contributed by atoms with Crippen LogP contribution in [0.4, 0.5) is 15.0 Å². The molecule has 1 unspecified atom stereocenters. The fraction of sp³-hybridized carbons (Fsp3) is 0.294. The topological polar surface area (TPSA) is 81.4 Å². The van der Waals surface area contributed by atoms with Crippen LogP contribution >= 0.6 is 0 Å². The molecule has 2 aromatic heterocycles. The molecule has 25 heavy (non-hydrogen) atoms. The lowest BCUT2D eigenvalue weighted by molar-refractivity contribution is 0.105. The summed E-state index contributed by atoms with van der Waals surface area (Å²) in [6, 6.07) is 3.43. The zero-order valence-electron chi connectivity index (χ0n) is 13.9. The van der Waals surface area contributed by atoms with Crippen molar-refractivity contribution in [2.45, 2.75) is 32.8 Å². The first-order valence-corrected chi connectivity index (χ1v) is 7.90. The number of halogens is 1. The molecule has 7 nitrogen and oxygen atoms in total. The van der Waals surface area contributed by atoms with Gasteiger partial charge in [0.15, 0.2) is 5.65 Å². The van der Waals surface area contributed by atoms with Crippen LogP contribution in [-0.4, -0.2) is 32.9 Å². The van der Waals surface area contributed by atoms with E-state index in [0.717, 1.165) is 6.20 Å². The lowest BCUT2D eigenvalue weighted by Gasteiger charge is -2.12. The highest BCUT2D eigenvalue weighted by Gasteiger charge is 2.16. The average Bonchev–Trinajstić information content (AvgIpc) is 2.96. The summed E-state index contributed by atoms with van der Waals surface area (Å²) in [4.78, 5) is 24.8. The molecule has 3 heterocycles. The monoisotopic (exact) mass is 343 g/mol. The van der Waals surface area contributed by atoms with E-state index in [9.17, 15) is 9.18 Å². The Labute approximate surface area is 143 Å². The summed E-state index contributed by atoms with van der Waals surface area (Å²) in [5.74, 6) is -0.00816. The minimum Gasteiger partial charge on any atom is -0.446 e. The first kappa shape index (κ1) is 16.8. The summed E-state index contributed by atoms with van der Waals surface area (Å²) in [6.07, 6.45) is 5.71. The van der Waals surface area contributed by atoms with Crippen molar-refractivity contribution < 1.29 is 13.9 Å². The maximum atomic E-state index is 13.8. The Balaban J connectivity index is 2.01. The van der Waals surface area contributed by atoms with Gasteiger partial charge in [-0.2, -0.15) is 0 Å². The van der Waals surface area contributed by atoms with Gasteiger partial charge >= 0.3 is 6.09 Å². The molecule has 1 aliphatic rings. The van der Waals surface area contributed by atoms with Gasteiger partial charge in [0.25, 0.3) is 0 Å². The molecule has 3 rings (SSSR count). The molecule has 0 aliphatic carbocycles. The van der Waals surface area contributed by atoms with Crippen LogP contribution in [0.5, 0.6) is 0 Å². The van der Waals surface area contributed by atoms with Gasteiger partial charge in [-0.1, -0.05) is 0 Å². The van der Waals surface area contributed by atoms with Crippen molar-refractivity contribution in [1.29, 1.82) is 0 Å². The number of hydrogen-bond acceptors (Lipinski definition) is 6. The summed E-state index contributed by atoms with van der Waals surface area (Å²) in [6.45, 7) is 3.50. The largest absolute Gasteiger partial charge is 0.446 e. The predicted molar refractivity (Wildman–Crippen MR) is 93.2 cm³/mol. The van der Waals surface area contributed by atoms with Gasteiger partial charge in [-0.05, 0) is 44.9 Å². The molecule has 1 N–H and O–H groups in total. The summed E-state index contributed by atoms with van der Waals surface area (Å²) < 4.78 is 20.5. The second-order valence-corrected chi connectivity index (χ2v) is 5.72. The smallest absolute Gasteiger partial charge is 0.421 e. The van der Waals surface area contributed by atoms with Crippen LogP contribution in [0.2, 0.25) is 0 Å². The standard InChI is InChI=1S/C17H18FN5O2/c1-11-8-13(18)9-19-7-3-4-12(2)25-17(24)23-10-20-14-5-6-15(21-11)22-16(14)23/h5-10,12H,3-4H2,1-2H3,(H,21,22)/b11-8+,13-9+,19-7?. The third-order valence-corrected chi connectivity index (χ3v) is 3.58. The Hall–Kier alpha value is -3.03. The molecule has 0 amide bonds. The highest BCUT2D eigenvalue weighted by molar-refractivity contribution is 5.84. The maximum Gasteiger partial charge on any atom is 0.421 e. The predicted octanol–water partition coefficient (Wildman–Crippen LogP) is 3.80. The Morgan fingerprint density at radius 1 is 1.40 bits per heavy atom. The van der Waals surface area contributed by atoms with Gasteiger partial charge in [0, 0.05) is 11.9 Å². The van der Waals surface area contributed by atoms with Crippen molar-refractivity contribution in [2.75, 3.05) is 5.32 Å². The summed E-state index contributed by atoms with van der Waals surface area (Å²) in [5.41, 5.74) is 1.49. The molecule has 2 aromatic rings. The van der Waals surface area contributed by atoms with Gasteiger partial charge in [0.1, 0.15) is 29.6 Å². The van der Waals surface area contributed by atoms with Crippen molar-refractivity contribution in [1.82, 2.24) is 14.5 Å². The number of carbonyl (C=O) groups excluding carboxylic acids is 1. The fourth-order valence-electron chi connectivity index (χ4n) is 2.37. The van der Waals surface area contributed by atoms with Gasteiger partial charge in [0.05, 0.1) is 6.20 Å². The molecule has 0 saturated carbocycles. The zero-order valence-corrected chi connectivity index (χ0v) is 13.9. The van der Waals surface area contributed by atoms with Gasteiger partial charge in [-0.3, -0.25) is 4.99 Å².